The lowest BCUT2D eigenvalue weighted by Gasteiger charge is -2.13. The molecule has 0 unspecified atom stereocenters. The van der Waals surface area contributed by atoms with Gasteiger partial charge in [-0.2, -0.15) is 0 Å². The summed E-state index contributed by atoms with van der Waals surface area (Å²) in [4.78, 5) is 38.3. The summed E-state index contributed by atoms with van der Waals surface area (Å²) in [5.74, 6) is -0.842. The molecule has 0 spiro atoms. The van der Waals surface area contributed by atoms with Crippen molar-refractivity contribution in [3.8, 4) is 0 Å². The molecule has 3 aromatic carbocycles. The molecule has 0 aliphatic carbocycles. The Hall–Kier alpha value is -4.26. The van der Waals surface area contributed by atoms with Crippen LogP contribution in [-0.4, -0.2) is 31.0 Å². The predicted molar refractivity (Wildman–Crippen MR) is 117 cm³/mol. The molecule has 0 radical (unpaired) electrons. The number of nitro groups is 1. The molecule has 154 valence electrons. The molecular formula is C24H18N2O5. The largest absolute Gasteiger partial charge is 0.465 e. The Kier molecular flexibility index (Phi) is 5.09. The molecule has 7 heteroatoms. The van der Waals surface area contributed by atoms with Crippen LogP contribution in [-0.2, 0) is 9.53 Å². The number of hydrogen-bond donors (Lipinski definition) is 0. The van der Waals surface area contributed by atoms with E-state index in [1.54, 1.807) is 67.7 Å². The van der Waals surface area contributed by atoms with Crippen LogP contribution in [0.3, 0.4) is 0 Å². The quantitative estimate of drug-likeness (QED) is 0.275. The van der Waals surface area contributed by atoms with Gasteiger partial charge in [0.2, 0.25) is 0 Å². The average molecular weight is 414 g/mol. The van der Waals surface area contributed by atoms with E-state index in [1.807, 2.05) is 6.07 Å². The maximum Gasteiger partial charge on any atom is 0.337 e. The van der Waals surface area contributed by atoms with Gasteiger partial charge in [0.25, 0.3) is 11.6 Å². The van der Waals surface area contributed by atoms with Crippen LogP contribution in [0.25, 0.3) is 11.1 Å². The van der Waals surface area contributed by atoms with Gasteiger partial charge in [0.05, 0.1) is 34.4 Å². The number of nitro benzene ring substituents is 1. The molecule has 3 aromatic rings. The van der Waals surface area contributed by atoms with Gasteiger partial charge in [-0.1, -0.05) is 42.5 Å². The van der Waals surface area contributed by atoms with E-state index in [1.165, 1.54) is 18.1 Å². The van der Waals surface area contributed by atoms with Crippen molar-refractivity contribution in [2.75, 3.05) is 19.1 Å². The smallest absolute Gasteiger partial charge is 0.337 e. The van der Waals surface area contributed by atoms with E-state index < -0.39 is 10.9 Å². The number of likely N-dealkylation sites (N-methyl/N-ethyl adjacent to an activating group) is 1. The van der Waals surface area contributed by atoms with Gasteiger partial charge < -0.3 is 9.64 Å². The molecule has 0 N–H and O–H groups in total. The Labute approximate surface area is 178 Å². The summed E-state index contributed by atoms with van der Waals surface area (Å²) in [7, 11) is 2.92. The first-order chi connectivity index (χ1) is 14.9. The molecule has 1 aliphatic rings. The second kappa shape index (κ2) is 7.87. The highest BCUT2D eigenvalue weighted by atomic mass is 16.6. The fraction of sp³-hybridized carbons (Fsp3) is 0.0833. The number of amides is 1. The third kappa shape index (κ3) is 3.36. The Morgan fingerprint density at radius 3 is 2.32 bits per heavy atom. The molecule has 0 aromatic heterocycles. The summed E-state index contributed by atoms with van der Waals surface area (Å²) in [5.41, 5.74) is 3.02. The second-order valence-corrected chi connectivity index (χ2v) is 6.98. The lowest BCUT2D eigenvalue weighted by molar-refractivity contribution is -0.385. The first kappa shape index (κ1) is 20.0. The van der Waals surface area contributed by atoms with Crippen molar-refractivity contribution in [2.24, 2.45) is 0 Å². The van der Waals surface area contributed by atoms with Crippen LogP contribution in [0, 0.1) is 10.1 Å². The molecule has 4 rings (SSSR count). The van der Waals surface area contributed by atoms with E-state index in [2.05, 4.69) is 0 Å². The summed E-state index contributed by atoms with van der Waals surface area (Å²) in [6.45, 7) is 0. The van der Waals surface area contributed by atoms with E-state index in [0.717, 1.165) is 0 Å². The molecule has 0 bridgehead atoms. The van der Waals surface area contributed by atoms with Gasteiger partial charge in [-0.3, -0.25) is 14.9 Å². The monoisotopic (exact) mass is 414 g/mol. The van der Waals surface area contributed by atoms with Gasteiger partial charge in [0.15, 0.2) is 0 Å². The Balaban J connectivity index is 2.11. The van der Waals surface area contributed by atoms with Crippen LogP contribution in [0.1, 0.15) is 27.0 Å². The van der Waals surface area contributed by atoms with Crippen molar-refractivity contribution < 1.29 is 19.2 Å². The number of fused-ring (bicyclic) bond motifs is 1. The first-order valence-electron chi connectivity index (χ1n) is 9.48. The van der Waals surface area contributed by atoms with Gasteiger partial charge >= 0.3 is 5.97 Å². The van der Waals surface area contributed by atoms with E-state index in [9.17, 15) is 19.7 Å². The first-order valence-corrected chi connectivity index (χ1v) is 9.48. The van der Waals surface area contributed by atoms with E-state index >= 15 is 0 Å². The second-order valence-electron chi connectivity index (χ2n) is 6.98. The summed E-state index contributed by atoms with van der Waals surface area (Å²) in [5, 5.41) is 11.8. The van der Waals surface area contributed by atoms with Crippen LogP contribution in [0.4, 0.5) is 11.4 Å². The van der Waals surface area contributed by atoms with Crippen molar-refractivity contribution in [1.29, 1.82) is 0 Å². The number of esters is 1. The van der Waals surface area contributed by atoms with Crippen LogP contribution >= 0.6 is 0 Å². The molecule has 7 nitrogen and oxygen atoms in total. The molecule has 0 atom stereocenters. The van der Waals surface area contributed by atoms with Crippen molar-refractivity contribution in [2.45, 2.75) is 0 Å². The number of rotatable bonds is 4. The number of para-hydroxylation sites is 1. The van der Waals surface area contributed by atoms with Crippen molar-refractivity contribution in [1.82, 2.24) is 0 Å². The van der Waals surface area contributed by atoms with Crippen LogP contribution < -0.4 is 4.90 Å². The van der Waals surface area contributed by atoms with Gasteiger partial charge in [-0.25, -0.2) is 4.79 Å². The third-order valence-electron chi connectivity index (χ3n) is 5.25. The standard InChI is InChI=1S/C24H18N2O5/c1-25-19-13-12-16(24(28)31-2)14-18(19)22(23(25)27)21(15-8-4-3-5-9-15)17-10-6-7-11-20(17)26(29)30/h3-14H,1-2H3/b22-21-. The minimum atomic E-state index is -0.531. The van der Waals surface area contributed by atoms with Gasteiger partial charge in [-0.15, -0.1) is 0 Å². The molecule has 0 fully saturated rings. The Morgan fingerprint density at radius 1 is 0.968 bits per heavy atom. The SMILES string of the molecule is COC(=O)c1ccc2c(c1)/C(=C(\c1ccccc1)c1ccccc1[N+](=O)[O-])C(=O)N2C. The highest BCUT2D eigenvalue weighted by Gasteiger charge is 2.35. The van der Waals surface area contributed by atoms with E-state index in [0.29, 0.717) is 33.5 Å². The van der Waals surface area contributed by atoms with Crippen LogP contribution in [0.5, 0.6) is 0 Å². The van der Waals surface area contributed by atoms with Crippen LogP contribution in [0.2, 0.25) is 0 Å². The van der Waals surface area contributed by atoms with Crippen molar-refractivity contribution in [3.63, 3.8) is 0 Å². The summed E-state index contributed by atoms with van der Waals surface area (Å²) >= 11 is 0. The fourth-order valence-electron chi connectivity index (χ4n) is 3.79. The number of nitrogens with zero attached hydrogens (tertiary/aromatic N) is 2. The number of carbonyl (C=O) groups excluding carboxylic acids is 2. The predicted octanol–water partition coefficient (Wildman–Crippen LogP) is 4.32. The van der Waals surface area contributed by atoms with Crippen molar-refractivity contribution in [3.05, 3.63) is 105 Å². The topological polar surface area (TPSA) is 89.7 Å². The highest BCUT2D eigenvalue weighted by molar-refractivity contribution is 6.39. The number of anilines is 1. The van der Waals surface area contributed by atoms with E-state index in [-0.39, 0.29) is 17.2 Å². The van der Waals surface area contributed by atoms with Crippen LogP contribution in [0.15, 0.2) is 72.8 Å². The normalized spacial score (nSPS) is 14.3. The lowest BCUT2D eigenvalue weighted by Crippen LogP contribution is -2.21. The molecule has 1 heterocycles. The number of carbonyl (C=O) groups is 2. The van der Waals surface area contributed by atoms with Gasteiger partial charge in [0, 0.05) is 24.3 Å². The highest BCUT2D eigenvalue weighted by Crippen LogP contribution is 2.44. The minimum absolute atomic E-state index is 0.109. The molecule has 1 aliphatic heterocycles. The molecule has 0 saturated carbocycles. The summed E-state index contributed by atoms with van der Waals surface area (Å²) in [6, 6.07) is 20.2. The average Bonchev–Trinajstić information content (AvgIpc) is 3.04. The lowest BCUT2D eigenvalue weighted by atomic mass is 9.88. The summed E-state index contributed by atoms with van der Waals surface area (Å²) < 4.78 is 4.82. The zero-order valence-corrected chi connectivity index (χ0v) is 16.9. The zero-order chi connectivity index (χ0) is 22.1. The molecule has 31 heavy (non-hydrogen) atoms. The molecular weight excluding hydrogens is 396 g/mol. The van der Waals surface area contributed by atoms with Gasteiger partial charge in [0.1, 0.15) is 0 Å². The maximum absolute atomic E-state index is 13.4. The third-order valence-corrected chi connectivity index (χ3v) is 5.25. The summed E-state index contributed by atoms with van der Waals surface area (Å²) in [6.07, 6.45) is 0. The minimum Gasteiger partial charge on any atom is -0.465 e. The van der Waals surface area contributed by atoms with Crippen molar-refractivity contribution >= 4 is 34.4 Å². The Bertz CT molecular complexity index is 1250. The number of benzene rings is 3. The molecule has 1 amide bonds. The number of hydrogen-bond acceptors (Lipinski definition) is 5. The maximum atomic E-state index is 13.4. The molecule has 0 saturated heterocycles. The Morgan fingerprint density at radius 2 is 1.65 bits per heavy atom. The van der Waals surface area contributed by atoms with E-state index in [4.69, 9.17) is 4.74 Å². The number of ether oxygens (including phenoxy) is 1. The zero-order valence-electron chi connectivity index (χ0n) is 16.9. The fourth-order valence-corrected chi connectivity index (χ4v) is 3.79. The number of methoxy groups -OCH3 is 1. The van der Waals surface area contributed by atoms with Gasteiger partial charge in [-0.05, 0) is 29.8 Å².